The number of ether oxygens (including phenoxy) is 1. The molecule has 0 bridgehead atoms. The van der Waals surface area contributed by atoms with Gasteiger partial charge in [-0.3, -0.25) is 0 Å². The lowest BCUT2D eigenvalue weighted by molar-refractivity contribution is 0.125. The third-order valence-corrected chi connectivity index (χ3v) is 2.55. The highest BCUT2D eigenvalue weighted by molar-refractivity contribution is 4.79. The summed E-state index contributed by atoms with van der Waals surface area (Å²) in [5.41, 5.74) is 5.94. The summed E-state index contributed by atoms with van der Waals surface area (Å²) in [6.07, 6.45) is 5.10. The Balaban J connectivity index is 1.96. The van der Waals surface area contributed by atoms with Crippen LogP contribution < -0.4 is 5.73 Å². The largest absolute Gasteiger partial charge is 0.382 e. The third-order valence-electron chi connectivity index (χ3n) is 2.55. The molecule has 1 unspecified atom stereocenters. The van der Waals surface area contributed by atoms with Crippen LogP contribution in [0.3, 0.4) is 0 Å². The molecule has 1 fully saturated rings. The van der Waals surface area contributed by atoms with Gasteiger partial charge in [0.25, 0.3) is 0 Å². The second kappa shape index (κ2) is 4.73. The molecule has 2 heteroatoms. The second-order valence-electron chi connectivity index (χ2n) is 3.34. The zero-order valence-electron chi connectivity index (χ0n) is 7.38. The van der Waals surface area contributed by atoms with Crippen LogP contribution in [0.25, 0.3) is 0 Å². The smallest absolute Gasteiger partial charge is 0.0480 e. The fourth-order valence-electron chi connectivity index (χ4n) is 1.47. The Morgan fingerprint density at radius 3 is 2.73 bits per heavy atom. The van der Waals surface area contributed by atoms with Crippen molar-refractivity contribution in [3.05, 3.63) is 0 Å². The lowest BCUT2D eigenvalue weighted by Crippen LogP contribution is -2.35. The maximum Gasteiger partial charge on any atom is 0.0480 e. The van der Waals surface area contributed by atoms with Gasteiger partial charge < -0.3 is 10.5 Å². The first kappa shape index (κ1) is 9.01. The molecule has 0 amide bonds. The Morgan fingerprint density at radius 1 is 1.55 bits per heavy atom. The quantitative estimate of drug-likeness (QED) is 0.614. The van der Waals surface area contributed by atoms with Gasteiger partial charge in [0.15, 0.2) is 0 Å². The van der Waals surface area contributed by atoms with Crippen LogP contribution in [0.15, 0.2) is 0 Å². The summed E-state index contributed by atoms with van der Waals surface area (Å²) in [6, 6.07) is 0.398. The van der Waals surface area contributed by atoms with Crippen LogP contribution in [-0.2, 0) is 4.74 Å². The van der Waals surface area contributed by atoms with Gasteiger partial charge in [0.1, 0.15) is 0 Å². The van der Waals surface area contributed by atoms with Gasteiger partial charge in [-0.2, -0.15) is 0 Å². The molecule has 0 heterocycles. The van der Waals surface area contributed by atoms with Crippen LogP contribution in [0.5, 0.6) is 0 Å². The van der Waals surface area contributed by atoms with E-state index < -0.39 is 0 Å². The van der Waals surface area contributed by atoms with E-state index in [-0.39, 0.29) is 0 Å². The van der Waals surface area contributed by atoms with E-state index in [2.05, 4.69) is 0 Å². The Morgan fingerprint density at radius 2 is 2.27 bits per heavy atom. The van der Waals surface area contributed by atoms with Gasteiger partial charge in [-0.15, -0.1) is 0 Å². The third kappa shape index (κ3) is 2.80. The van der Waals surface area contributed by atoms with Gasteiger partial charge in [-0.25, -0.2) is 0 Å². The lowest BCUT2D eigenvalue weighted by atomic mass is 9.79. The summed E-state index contributed by atoms with van der Waals surface area (Å²) in [5.74, 6) is 0.801. The second-order valence-corrected chi connectivity index (χ2v) is 3.34. The molecule has 1 rings (SSSR count). The highest BCUT2D eigenvalue weighted by Crippen LogP contribution is 2.29. The summed E-state index contributed by atoms with van der Waals surface area (Å²) in [6.45, 7) is 3.68. The minimum absolute atomic E-state index is 0.398. The number of hydrogen-bond donors (Lipinski definition) is 1. The standard InChI is InChI=1S/C9H19NO/c1-2-11-7-6-9(10)8-4-3-5-8/h8-9H,2-7,10H2,1H3. The van der Waals surface area contributed by atoms with E-state index in [1.165, 1.54) is 19.3 Å². The molecular formula is C9H19NO. The molecule has 0 saturated heterocycles. The molecule has 1 aliphatic carbocycles. The van der Waals surface area contributed by atoms with Gasteiger partial charge in [-0.05, 0) is 32.1 Å². The zero-order valence-corrected chi connectivity index (χ0v) is 7.38. The molecule has 0 aromatic heterocycles. The Labute approximate surface area is 69.1 Å². The molecule has 1 aliphatic rings. The van der Waals surface area contributed by atoms with E-state index in [1.54, 1.807) is 0 Å². The van der Waals surface area contributed by atoms with E-state index >= 15 is 0 Å². The fourth-order valence-corrected chi connectivity index (χ4v) is 1.47. The molecule has 0 aliphatic heterocycles. The summed E-state index contributed by atoms with van der Waals surface area (Å²) in [5, 5.41) is 0. The van der Waals surface area contributed by atoms with E-state index in [9.17, 15) is 0 Å². The van der Waals surface area contributed by atoms with Crippen molar-refractivity contribution in [3.63, 3.8) is 0 Å². The minimum Gasteiger partial charge on any atom is -0.382 e. The molecular weight excluding hydrogens is 138 g/mol. The van der Waals surface area contributed by atoms with E-state index in [1.807, 2.05) is 6.92 Å². The van der Waals surface area contributed by atoms with Crippen LogP contribution in [0.2, 0.25) is 0 Å². The maximum atomic E-state index is 5.94. The van der Waals surface area contributed by atoms with E-state index in [0.29, 0.717) is 6.04 Å². The summed E-state index contributed by atoms with van der Waals surface area (Å²) in [4.78, 5) is 0. The first-order chi connectivity index (χ1) is 5.34. The molecule has 2 N–H and O–H groups in total. The predicted molar refractivity (Wildman–Crippen MR) is 46.4 cm³/mol. The van der Waals surface area contributed by atoms with Crippen molar-refractivity contribution < 1.29 is 4.74 Å². The van der Waals surface area contributed by atoms with Gasteiger partial charge in [0, 0.05) is 19.3 Å². The zero-order chi connectivity index (χ0) is 8.10. The maximum absolute atomic E-state index is 5.94. The summed E-state index contributed by atoms with van der Waals surface area (Å²) >= 11 is 0. The normalized spacial score (nSPS) is 21.3. The highest BCUT2D eigenvalue weighted by Gasteiger charge is 2.23. The summed E-state index contributed by atoms with van der Waals surface area (Å²) in [7, 11) is 0. The fraction of sp³-hybridized carbons (Fsp3) is 1.00. The van der Waals surface area contributed by atoms with Crippen molar-refractivity contribution in [1.29, 1.82) is 0 Å². The molecule has 66 valence electrons. The Bertz CT molecular complexity index is 102. The number of hydrogen-bond acceptors (Lipinski definition) is 2. The van der Waals surface area contributed by atoms with Crippen LogP contribution >= 0.6 is 0 Å². The molecule has 0 aromatic carbocycles. The van der Waals surface area contributed by atoms with Crippen LogP contribution in [0, 0.1) is 5.92 Å². The monoisotopic (exact) mass is 157 g/mol. The van der Waals surface area contributed by atoms with Crippen LogP contribution in [0.1, 0.15) is 32.6 Å². The molecule has 1 saturated carbocycles. The summed E-state index contributed by atoms with van der Waals surface area (Å²) < 4.78 is 5.24. The van der Waals surface area contributed by atoms with Crippen molar-refractivity contribution in [2.24, 2.45) is 11.7 Å². The van der Waals surface area contributed by atoms with E-state index in [4.69, 9.17) is 10.5 Å². The van der Waals surface area contributed by atoms with Crippen LogP contribution in [0.4, 0.5) is 0 Å². The molecule has 1 atom stereocenters. The average Bonchev–Trinajstić information content (AvgIpc) is 1.84. The topological polar surface area (TPSA) is 35.2 Å². The highest BCUT2D eigenvalue weighted by atomic mass is 16.5. The Kier molecular flexibility index (Phi) is 3.87. The molecule has 0 aromatic rings. The van der Waals surface area contributed by atoms with Crippen molar-refractivity contribution in [3.8, 4) is 0 Å². The average molecular weight is 157 g/mol. The number of nitrogens with two attached hydrogens (primary N) is 1. The number of rotatable bonds is 5. The molecule has 0 spiro atoms. The molecule has 0 radical (unpaired) electrons. The van der Waals surface area contributed by atoms with Crippen molar-refractivity contribution in [2.75, 3.05) is 13.2 Å². The SMILES string of the molecule is CCOCCC(N)C1CCC1. The first-order valence-corrected chi connectivity index (χ1v) is 4.68. The van der Waals surface area contributed by atoms with E-state index in [0.717, 1.165) is 25.6 Å². The van der Waals surface area contributed by atoms with Crippen molar-refractivity contribution in [1.82, 2.24) is 0 Å². The minimum atomic E-state index is 0.398. The van der Waals surface area contributed by atoms with Gasteiger partial charge in [0.2, 0.25) is 0 Å². The van der Waals surface area contributed by atoms with Crippen molar-refractivity contribution >= 4 is 0 Å². The van der Waals surface area contributed by atoms with Crippen LogP contribution in [-0.4, -0.2) is 19.3 Å². The van der Waals surface area contributed by atoms with Crippen molar-refractivity contribution in [2.45, 2.75) is 38.6 Å². The molecule has 2 nitrogen and oxygen atoms in total. The Hall–Kier alpha value is -0.0800. The van der Waals surface area contributed by atoms with Gasteiger partial charge in [0.05, 0.1) is 0 Å². The molecule has 11 heavy (non-hydrogen) atoms. The van der Waals surface area contributed by atoms with Gasteiger partial charge >= 0.3 is 0 Å². The van der Waals surface area contributed by atoms with Gasteiger partial charge in [-0.1, -0.05) is 6.42 Å². The lowest BCUT2D eigenvalue weighted by Gasteiger charge is -2.31. The first-order valence-electron chi connectivity index (χ1n) is 4.68. The predicted octanol–water partition coefficient (Wildman–Crippen LogP) is 1.54.